The third-order valence-electron chi connectivity index (χ3n) is 3.19. The van der Waals surface area contributed by atoms with E-state index in [0.29, 0.717) is 11.3 Å². The Hall–Kier alpha value is -2.76. The predicted octanol–water partition coefficient (Wildman–Crippen LogP) is 5.17. The Kier molecular flexibility index (Phi) is 4.76. The number of halogens is 6. The maximum Gasteiger partial charge on any atom is 0.435 e. The quantitative estimate of drug-likeness (QED) is 0.558. The van der Waals surface area contributed by atoms with Gasteiger partial charge in [0, 0.05) is 29.8 Å². The first-order valence-corrected chi connectivity index (χ1v) is 7.97. The van der Waals surface area contributed by atoms with Crippen molar-refractivity contribution in [3.8, 4) is 23.2 Å². The van der Waals surface area contributed by atoms with Crippen LogP contribution in [0.5, 0.6) is 17.4 Å². The SMILES string of the molecule is COc1cc(Oc2csc(C(F)(F)F)c2)nc(-n2ccc(C(F)(F)F)n2)c1. The van der Waals surface area contributed by atoms with Crippen LogP contribution in [0.1, 0.15) is 10.6 Å². The lowest BCUT2D eigenvalue weighted by Crippen LogP contribution is -2.08. The molecule has 0 aliphatic rings. The summed E-state index contributed by atoms with van der Waals surface area (Å²) in [5.41, 5.74) is -1.12. The highest BCUT2D eigenvalue weighted by atomic mass is 32.1. The second kappa shape index (κ2) is 6.76. The molecular formula is C15H9F6N3O2S. The van der Waals surface area contributed by atoms with Gasteiger partial charge in [0.05, 0.1) is 7.11 Å². The number of methoxy groups -OCH3 is 1. The molecule has 0 saturated heterocycles. The van der Waals surface area contributed by atoms with Crippen molar-refractivity contribution in [2.45, 2.75) is 12.4 Å². The fraction of sp³-hybridized carbons (Fsp3) is 0.200. The van der Waals surface area contributed by atoms with Crippen LogP contribution in [-0.4, -0.2) is 21.9 Å². The van der Waals surface area contributed by atoms with Crippen LogP contribution >= 0.6 is 11.3 Å². The van der Waals surface area contributed by atoms with Crippen LogP contribution in [0.4, 0.5) is 26.3 Å². The maximum atomic E-state index is 12.7. The molecular weight excluding hydrogens is 400 g/mol. The van der Waals surface area contributed by atoms with Gasteiger partial charge in [-0.3, -0.25) is 0 Å². The van der Waals surface area contributed by atoms with Crippen LogP contribution in [0.25, 0.3) is 5.82 Å². The molecule has 0 spiro atoms. The fourth-order valence-corrected chi connectivity index (χ4v) is 2.68. The molecule has 0 bridgehead atoms. The topological polar surface area (TPSA) is 49.2 Å². The van der Waals surface area contributed by atoms with Crippen molar-refractivity contribution in [2.75, 3.05) is 7.11 Å². The van der Waals surface area contributed by atoms with Gasteiger partial charge in [0.25, 0.3) is 0 Å². The van der Waals surface area contributed by atoms with Gasteiger partial charge in [0.15, 0.2) is 11.5 Å². The van der Waals surface area contributed by atoms with E-state index in [0.717, 1.165) is 28.4 Å². The van der Waals surface area contributed by atoms with Gasteiger partial charge < -0.3 is 9.47 Å². The number of thiophene rings is 1. The Morgan fingerprint density at radius 3 is 2.30 bits per heavy atom. The van der Waals surface area contributed by atoms with Crippen LogP contribution in [0.3, 0.4) is 0 Å². The average molecular weight is 409 g/mol. The van der Waals surface area contributed by atoms with Gasteiger partial charge in [-0.15, -0.1) is 11.3 Å². The minimum Gasteiger partial charge on any atom is -0.496 e. The Bertz CT molecular complexity index is 948. The second-order valence-electron chi connectivity index (χ2n) is 5.09. The van der Waals surface area contributed by atoms with E-state index in [2.05, 4.69) is 10.1 Å². The maximum absolute atomic E-state index is 12.7. The molecule has 0 aliphatic heterocycles. The number of pyridine rings is 1. The lowest BCUT2D eigenvalue weighted by Gasteiger charge is -2.09. The van der Waals surface area contributed by atoms with Crippen molar-refractivity contribution in [2.24, 2.45) is 0 Å². The standard InChI is InChI=1S/C15H9F6N3O2S/c1-25-8-5-12(24-3-2-10(23-24)14(16,17)18)22-13(6-8)26-9-4-11(27-7-9)15(19,20)21/h2-7H,1H3. The Balaban J connectivity index is 1.92. The molecule has 0 fully saturated rings. The number of rotatable bonds is 4. The zero-order valence-corrected chi connectivity index (χ0v) is 14.1. The van der Waals surface area contributed by atoms with Crippen LogP contribution in [0, 0.1) is 0 Å². The van der Waals surface area contributed by atoms with Gasteiger partial charge in [0.2, 0.25) is 5.88 Å². The minimum absolute atomic E-state index is 0.0638. The lowest BCUT2D eigenvalue weighted by atomic mass is 10.4. The second-order valence-corrected chi connectivity index (χ2v) is 6.00. The first kappa shape index (κ1) is 19.0. The molecule has 0 radical (unpaired) electrons. The fourth-order valence-electron chi connectivity index (χ4n) is 2.00. The molecule has 0 aliphatic carbocycles. The molecule has 0 N–H and O–H groups in total. The zero-order chi connectivity index (χ0) is 19.8. The van der Waals surface area contributed by atoms with Crippen LogP contribution < -0.4 is 9.47 Å². The van der Waals surface area contributed by atoms with Crippen molar-refractivity contribution < 1.29 is 35.8 Å². The molecule has 144 valence electrons. The Labute approximate surface area is 151 Å². The van der Waals surface area contributed by atoms with Crippen molar-refractivity contribution in [3.63, 3.8) is 0 Å². The molecule has 12 heteroatoms. The Morgan fingerprint density at radius 1 is 1.00 bits per heavy atom. The lowest BCUT2D eigenvalue weighted by molar-refractivity contribution is -0.141. The van der Waals surface area contributed by atoms with E-state index < -0.39 is 22.9 Å². The summed E-state index contributed by atoms with van der Waals surface area (Å²) in [5, 5.41) is 4.52. The largest absolute Gasteiger partial charge is 0.496 e. The van der Waals surface area contributed by atoms with Gasteiger partial charge >= 0.3 is 12.4 Å². The molecule has 27 heavy (non-hydrogen) atoms. The molecule has 5 nitrogen and oxygen atoms in total. The summed E-state index contributed by atoms with van der Waals surface area (Å²) in [5.74, 6) is -0.174. The summed E-state index contributed by atoms with van der Waals surface area (Å²) in [6, 6.07) is 4.13. The highest BCUT2D eigenvalue weighted by Crippen LogP contribution is 2.38. The van der Waals surface area contributed by atoms with Crippen molar-refractivity contribution in [1.82, 2.24) is 14.8 Å². The number of ether oxygens (including phenoxy) is 2. The number of hydrogen-bond donors (Lipinski definition) is 0. The monoisotopic (exact) mass is 409 g/mol. The van der Waals surface area contributed by atoms with E-state index in [1.165, 1.54) is 19.2 Å². The van der Waals surface area contributed by atoms with E-state index in [-0.39, 0.29) is 23.2 Å². The summed E-state index contributed by atoms with van der Waals surface area (Å²) >= 11 is 0.441. The van der Waals surface area contributed by atoms with Crippen LogP contribution in [-0.2, 0) is 12.4 Å². The average Bonchev–Trinajstić information content (AvgIpc) is 3.22. The van der Waals surface area contributed by atoms with Gasteiger partial charge in [-0.05, 0) is 6.07 Å². The zero-order valence-electron chi connectivity index (χ0n) is 13.3. The molecule has 0 atom stereocenters. The van der Waals surface area contributed by atoms with Gasteiger partial charge in [0.1, 0.15) is 16.4 Å². The summed E-state index contributed by atoms with van der Waals surface area (Å²) < 4.78 is 87.2. The van der Waals surface area contributed by atoms with Crippen molar-refractivity contribution in [1.29, 1.82) is 0 Å². The highest BCUT2D eigenvalue weighted by molar-refractivity contribution is 7.10. The van der Waals surface area contributed by atoms with Crippen molar-refractivity contribution in [3.05, 3.63) is 46.4 Å². The first-order chi connectivity index (χ1) is 12.6. The molecule has 3 rings (SSSR count). The number of aromatic nitrogens is 3. The van der Waals surface area contributed by atoms with Gasteiger partial charge in [-0.25, -0.2) is 4.68 Å². The summed E-state index contributed by atoms with van der Waals surface area (Å²) in [6.45, 7) is 0. The van der Waals surface area contributed by atoms with Crippen LogP contribution in [0.2, 0.25) is 0 Å². The van der Waals surface area contributed by atoms with E-state index in [4.69, 9.17) is 9.47 Å². The molecule has 0 saturated carbocycles. The van der Waals surface area contributed by atoms with E-state index >= 15 is 0 Å². The third-order valence-corrected chi connectivity index (χ3v) is 4.14. The Morgan fingerprint density at radius 2 is 1.74 bits per heavy atom. The number of nitrogens with zero attached hydrogens (tertiary/aromatic N) is 3. The molecule has 3 heterocycles. The van der Waals surface area contributed by atoms with Gasteiger partial charge in [-0.1, -0.05) is 0 Å². The number of alkyl halides is 6. The van der Waals surface area contributed by atoms with Crippen molar-refractivity contribution >= 4 is 11.3 Å². The van der Waals surface area contributed by atoms with Crippen LogP contribution in [0.15, 0.2) is 35.8 Å². The summed E-state index contributed by atoms with van der Waals surface area (Å²) in [7, 11) is 1.31. The van der Waals surface area contributed by atoms with Gasteiger partial charge in [-0.2, -0.15) is 36.4 Å². The normalized spacial score (nSPS) is 12.3. The molecule has 0 aromatic carbocycles. The van der Waals surface area contributed by atoms with E-state index in [1.54, 1.807) is 0 Å². The minimum atomic E-state index is -4.63. The highest BCUT2D eigenvalue weighted by Gasteiger charge is 2.34. The molecule has 0 amide bonds. The molecule has 3 aromatic heterocycles. The summed E-state index contributed by atoms with van der Waals surface area (Å²) in [6.07, 6.45) is -8.10. The third kappa shape index (κ3) is 4.32. The van der Waals surface area contributed by atoms with E-state index in [1.807, 2.05) is 0 Å². The molecule has 3 aromatic rings. The predicted molar refractivity (Wildman–Crippen MR) is 82.3 cm³/mol. The summed E-state index contributed by atoms with van der Waals surface area (Å²) in [4.78, 5) is 3.11. The molecule has 0 unspecified atom stereocenters. The van der Waals surface area contributed by atoms with E-state index in [9.17, 15) is 26.3 Å². The first-order valence-electron chi connectivity index (χ1n) is 7.09. The number of hydrogen-bond acceptors (Lipinski definition) is 5. The smallest absolute Gasteiger partial charge is 0.435 e.